The minimum atomic E-state index is -0.785. The van der Waals surface area contributed by atoms with Crippen LogP contribution in [0.2, 0.25) is 0 Å². The van der Waals surface area contributed by atoms with Gasteiger partial charge in [0.2, 0.25) is 0 Å². The molecule has 0 saturated carbocycles. The van der Waals surface area contributed by atoms with Gasteiger partial charge in [-0.05, 0) is 73.1 Å². The lowest BCUT2D eigenvalue weighted by molar-refractivity contribution is -0.156. The van der Waals surface area contributed by atoms with Crippen molar-refractivity contribution in [1.29, 1.82) is 0 Å². The predicted molar refractivity (Wildman–Crippen MR) is 125 cm³/mol. The van der Waals surface area contributed by atoms with Gasteiger partial charge in [0, 0.05) is 17.0 Å². The number of carbonyl (C=O) groups excluding carboxylic acids is 1. The lowest BCUT2D eigenvalue weighted by atomic mass is 9.86. The SMILES string of the molecule is Cc1cc(SC2=C(O)C[C@](C)(CCc3ccc(O)cc3)OC2=O)c(C(C)(C)C)cc1N. The highest BCUT2D eigenvalue weighted by Gasteiger charge is 2.39. The van der Waals surface area contributed by atoms with Gasteiger partial charge >= 0.3 is 5.97 Å². The Morgan fingerprint density at radius 3 is 2.39 bits per heavy atom. The van der Waals surface area contributed by atoms with Crippen LogP contribution >= 0.6 is 11.8 Å². The van der Waals surface area contributed by atoms with Gasteiger partial charge in [0.15, 0.2) is 0 Å². The van der Waals surface area contributed by atoms with Gasteiger partial charge in [-0.1, -0.05) is 44.7 Å². The molecule has 0 bridgehead atoms. The Balaban J connectivity index is 1.82. The van der Waals surface area contributed by atoms with Gasteiger partial charge in [-0.15, -0.1) is 0 Å². The van der Waals surface area contributed by atoms with Crippen LogP contribution in [0.1, 0.15) is 57.2 Å². The van der Waals surface area contributed by atoms with E-state index in [0.717, 1.165) is 21.6 Å². The van der Waals surface area contributed by atoms with Gasteiger partial charge < -0.3 is 20.7 Å². The molecule has 1 atom stereocenters. The summed E-state index contributed by atoms with van der Waals surface area (Å²) in [5, 5.41) is 20.2. The van der Waals surface area contributed by atoms with Crippen LogP contribution in [0.25, 0.3) is 0 Å². The molecular formula is C25H31NO4S. The number of phenolic OH excluding ortho intramolecular Hbond substituents is 1. The summed E-state index contributed by atoms with van der Waals surface area (Å²) >= 11 is 1.25. The molecule has 2 aromatic rings. The van der Waals surface area contributed by atoms with Crippen LogP contribution in [0.15, 0.2) is 52.0 Å². The molecule has 0 unspecified atom stereocenters. The topological polar surface area (TPSA) is 92.8 Å². The number of aliphatic hydroxyl groups is 1. The Bertz CT molecular complexity index is 1020. The standard InChI is InChI=1S/C25H31NO4S/c1-15-12-21(18(13-19(15)26)24(2,3)4)31-22-20(28)14-25(5,30-23(22)29)11-10-16-6-8-17(27)9-7-16/h6-9,12-13,27-28H,10-11,14,26H2,1-5H3/t25-/m0/s1. The summed E-state index contributed by atoms with van der Waals surface area (Å²) in [6, 6.07) is 10.9. The summed E-state index contributed by atoms with van der Waals surface area (Å²) in [5.74, 6) is -0.228. The fourth-order valence-electron chi connectivity index (χ4n) is 3.65. The molecule has 0 aromatic heterocycles. The zero-order valence-electron chi connectivity index (χ0n) is 18.8. The Labute approximate surface area is 188 Å². The third kappa shape index (κ3) is 5.37. The molecule has 4 N–H and O–H groups in total. The van der Waals surface area contributed by atoms with Gasteiger partial charge in [0.05, 0.1) is 0 Å². The minimum Gasteiger partial charge on any atom is -0.511 e. The van der Waals surface area contributed by atoms with Crippen LogP contribution in [0.5, 0.6) is 5.75 Å². The number of phenols is 1. The predicted octanol–water partition coefficient (Wildman–Crippen LogP) is 5.78. The fourth-order valence-corrected chi connectivity index (χ4v) is 4.89. The average Bonchev–Trinajstić information content (AvgIpc) is 2.66. The zero-order valence-corrected chi connectivity index (χ0v) is 19.6. The highest BCUT2D eigenvalue weighted by atomic mass is 32.2. The number of carbonyl (C=O) groups is 1. The number of aliphatic hydroxyl groups excluding tert-OH is 1. The van der Waals surface area contributed by atoms with Crippen molar-refractivity contribution in [2.24, 2.45) is 0 Å². The van der Waals surface area contributed by atoms with E-state index in [4.69, 9.17) is 10.5 Å². The number of hydrogen-bond acceptors (Lipinski definition) is 6. The van der Waals surface area contributed by atoms with Crippen molar-refractivity contribution in [2.45, 2.75) is 69.8 Å². The van der Waals surface area contributed by atoms with Crippen molar-refractivity contribution < 1.29 is 19.7 Å². The first-order chi connectivity index (χ1) is 14.4. The van der Waals surface area contributed by atoms with E-state index >= 15 is 0 Å². The largest absolute Gasteiger partial charge is 0.511 e. The van der Waals surface area contributed by atoms with E-state index in [9.17, 15) is 15.0 Å². The maximum Gasteiger partial charge on any atom is 0.348 e. The van der Waals surface area contributed by atoms with E-state index in [0.29, 0.717) is 18.5 Å². The van der Waals surface area contributed by atoms with Crippen molar-refractivity contribution in [3.8, 4) is 5.75 Å². The summed E-state index contributed by atoms with van der Waals surface area (Å²) < 4.78 is 5.80. The summed E-state index contributed by atoms with van der Waals surface area (Å²) in [6.07, 6.45) is 1.50. The normalized spacial score (nSPS) is 19.5. The van der Waals surface area contributed by atoms with Crippen LogP contribution < -0.4 is 5.73 Å². The Morgan fingerprint density at radius 2 is 1.81 bits per heavy atom. The van der Waals surface area contributed by atoms with Crippen LogP contribution in [0, 0.1) is 6.92 Å². The van der Waals surface area contributed by atoms with E-state index in [-0.39, 0.29) is 28.2 Å². The molecule has 31 heavy (non-hydrogen) atoms. The van der Waals surface area contributed by atoms with Gasteiger partial charge in [0.25, 0.3) is 0 Å². The number of nitrogen functional groups attached to an aromatic ring is 1. The highest BCUT2D eigenvalue weighted by molar-refractivity contribution is 8.04. The van der Waals surface area contributed by atoms with Crippen molar-refractivity contribution >= 4 is 23.4 Å². The molecule has 2 aromatic carbocycles. The molecule has 0 aliphatic carbocycles. The Hall–Kier alpha value is -2.60. The number of cyclic esters (lactones) is 1. The maximum absolute atomic E-state index is 12.9. The second-order valence-electron chi connectivity index (χ2n) is 9.52. The Morgan fingerprint density at radius 1 is 1.16 bits per heavy atom. The van der Waals surface area contributed by atoms with Gasteiger partial charge in [-0.25, -0.2) is 4.79 Å². The zero-order chi connectivity index (χ0) is 23.0. The fraction of sp³-hybridized carbons (Fsp3) is 0.400. The molecule has 0 fully saturated rings. The van der Waals surface area contributed by atoms with Crippen molar-refractivity contribution in [3.05, 3.63) is 63.8 Å². The number of ether oxygens (including phenoxy) is 1. The lowest BCUT2D eigenvalue weighted by Gasteiger charge is -2.34. The van der Waals surface area contributed by atoms with E-state index in [1.54, 1.807) is 12.1 Å². The number of thioether (sulfide) groups is 1. The number of hydrogen-bond donors (Lipinski definition) is 3. The number of aryl methyl sites for hydroxylation is 2. The van der Waals surface area contributed by atoms with Crippen LogP contribution in [-0.4, -0.2) is 21.8 Å². The van der Waals surface area contributed by atoms with Crippen LogP contribution in [0.4, 0.5) is 5.69 Å². The number of aromatic hydroxyl groups is 1. The van der Waals surface area contributed by atoms with Crippen LogP contribution in [0.3, 0.4) is 0 Å². The molecule has 1 aliphatic rings. The first kappa shape index (κ1) is 23.1. The second-order valence-corrected chi connectivity index (χ2v) is 10.6. The molecule has 0 radical (unpaired) electrons. The number of rotatable bonds is 5. The molecule has 0 spiro atoms. The van der Waals surface area contributed by atoms with E-state index in [2.05, 4.69) is 20.8 Å². The number of nitrogens with two attached hydrogens (primary N) is 1. The molecule has 0 saturated heterocycles. The first-order valence-electron chi connectivity index (χ1n) is 10.4. The summed E-state index contributed by atoms with van der Waals surface area (Å²) in [4.78, 5) is 14.0. The Kier molecular flexibility index (Phi) is 6.33. The van der Waals surface area contributed by atoms with E-state index in [1.165, 1.54) is 11.8 Å². The summed E-state index contributed by atoms with van der Waals surface area (Å²) in [5.41, 5.74) is 8.86. The quantitative estimate of drug-likeness (QED) is 0.402. The highest BCUT2D eigenvalue weighted by Crippen LogP contribution is 2.43. The summed E-state index contributed by atoms with van der Waals surface area (Å²) in [7, 11) is 0. The third-order valence-electron chi connectivity index (χ3n) is 5.60. The minimum absolute atomic E-state index is 0.0591. The molecule has 1 aliphatic heterocycles. The van der Waals surface area contributed by atoms with Crippen molar-refractivity contribution in [2.75, 3.05) is 5.73 Å². The van der Waals surface area contributed by atoms with Gasteiger partial charge in [0.1, 0.15) is 22.0 Å². The van der Waals surface area contributed by atoms with E-state index < -0.39 is 11.6 Å². The molecule has 0 amide bonds. The smallest absolute Gasteiger partial charge is 0.348 e. The second kappa shape index (κ2) is 8.50. The first-order valence-corrected chi connectivity index (χ1v) is 11.2. The lowest BCUT2D eigenvalue weighted by Crippen LogP contribution is -2.37. The molecule has 1 heterocycles. The maximum atomic E-state index is 12.9. The molecule has 166 valence electrons. The molecular weight excluding hydrogens is 410 g/mol. The van der Waals surface area contributed by atoms with Crippen LogP contribution in [-0.2, 0) is 21.4 Å². The van der Waals surface area contributed by atoms with Gasteiger partial charge in [-0.3, -0.25) is 0 Å². The van der Waals surface area contributed by atoms with Crippen molar-refractivity contribution in [3.63, 3.8) is 0 Å². The van der Waals surface area contributed by atoms with Crippen molar-refractivity contribution in [1.82, 2.24) is 0 Å². The number of benzene rings is 2. The average molecular weight is 442 g/mol. The summed E-state index contributed by atoms with van der Waals surface area (Å²) in [6.45, 7) is 10.1. The van der Waals surface area contributed by atoms with Gasteiger partial charge in [-0.2, -0.15) is 0 Å². The number of anilines is 1. The number of esters is 1. The molecule has 6 heteroatoms. The molecule has 5 nitrogen and oxygen atoms in total. The monoisotopic (exact) mass is 441 g/mol. The van der Waals surface area contributed by atoms with E-state index in [1.807, 2.05) is 38.1 Å². The molecule has 3 rings (SSSR count). The third-order valence-corrected chi connectivity index (χ3v) is 6.76.